The minimum Gasteiger partial charge on any atom is -0.495 e. The summed E-state index contributed by atoms with van der Waals surface area (Å²) in [5.74, 6) is 5.40. The van der Waals surface area contributed by atoms with E-state index in [1.165, 1.54) is 26.2 Å². The van der Waals surface area contributed by atoms with Gasteiger partial charge in [-0.05, 0) is 6.07 Å². The Labute approximate surface area is 104 Å². The zero-order chi connectivity index (χ0) is 13.5. The molecule has 1 N–H and O–H groups in total. The van der Waals surface area contributed by atoms with Crippen LogP contribution in [0.5, 0.6) is 5.75 Å². The fraction of sp³-hybridized carbons (Fsp3) is 0.250. The molecule has 0 aliphatic carbocycles. The fourth-order valence-corrected chi connectivity index (χ4v) is 1.27. The number of methoxy groups -OCH3 is 1. The van der Waals surface area contributed by atoms with Gasteiger partial charge in [0.2, 0.25) is 5.91 Å². The highest BCUT2D eigenvalue weighted by Gasteiger charge is 2.15. The molecule has 0 aromatic heterocycles. The molecular weight excluding hydrogens is 236 g/mol. The lowest BCUT2D eigenvalue weighted by Gasteiger charge is -2.03. The lowest BCUT2D eigenvalue weighted by molar-refractivity contribution is -0.385. The van der Waals surface area contributed by atoms with Crippen molar-refractivity contribution in [1.82, 2.24) is 5.32 Å². The average molecular weight is 248 g/mol. The summed E-state index contributed by atoms with van der Waals surface area (Å²) < 4.78 is 5.02. The van der Waals surface area contributed by atoms with Gasteiger partial charge in [-0.3, -0.25) is 14.9 Å². The molecule has 1 amide bonds. The fourth-order valence-electron chi connectivity index (χ4n) is 1.27. The number of nitrogens with one attached hydrogen (secondary N) is 1. The Hall–Kier alpha value is -2.55. The molecule has 18 heavy (non-hydrogen) atoms. The van der Waals surface area contributed by atoms with Gasteiger partial charge in [-0.2, -0.15) is 0 Å². The van der Waals surface area contributed by atoms with Gasteiger partial charge in [0.25, 0.3) is 5.69 Å². The van der Waals surface area contributed by atoms with E-state index >= 15 is 0 Å². The third-order valence-electron chi connectivity index (χ3n) is 2.06. The van der Waals surface area contributed by atoms with E-state index in [1.54, 1.807) is 6.07 Å². The highest BCUT2D eigenvalue weighted by molar-refractivity contribution is 5.73. The SMILES string of the molecule is COc1cccc([N+](=O)[O-])c1C#CCNC(C)=O. The Balaban J connectivity index is 3.04. The Morgan fingerprint density at radius 1 is 1.56 bits per heavy atom. The van der Waals surface area contributed by atoms with Crippen LogP contribution in [0.2, 0.25) is 0 Å². The van der Waals surface area contributed by atoms with Gasteiger partial charge in [0.1, 0.15) is 11.3 Å². The van der Waals surface area contributed by atoms with Gasteiger partial charge in [0, 0.05) is 13.0 Å². The predicted molar refractivity (Wildman–Crippen MR) is 65.2 cm³/mol. The maximum atomic E-state index is 10.8. The lowest BCUT2D eigenvalue weighted by atomic mass is 10.1. The third-order valence-corrected chi connectivity index (χ3v) is 2.06. The van der Waals surface area contributed by atoms with E-state index in [9.17, 15) is 14.9 Å². The van der Waals surface area contributed by atoms with E-state index < -0.39 is 4.92 Å². The lowest BCUT2D eigenvalue weighted by Crippen LogP contribution is -2.19. The first kappa shape index (κ1) is 13.5. The van der Waals surface area contributed by atoms with Crippen LogP contribution in [0.4, 0.5) is 5.69 Å². The van der Waals surface area contributed by atoms with Crippen LogP contribution >= 0.6 is 0 Å². The van der Waals surface area contributed by atoms with E-state index in [4.69, 9.17) is 4.74 Å². The molecule has 1 aromatic rings. The number of rotatable bonds is 3. The molecule has 0 spiro atoms. The van der Waals surface area contributed by atoms with E-state index in [0.717, 1.165) is 0 Å². The summed E-state index contributed by atoms with van der Waals surface area (Å²) in [5, 5.41) is 13.3. The van der Waals surface area contributed by atoms with Crippen LogP contribution in [-0.4, -0.2) is 24.5 Å². The first-order valence-corrected chi connectivity index (χ1v) is 5.11. The molecule has 1 aromatic carbocycles. The van der Waals surface area contributed by atoms with Crippen molar-refractivity contribution >= 4 is 11.6 Å². The van der Waals surface area contributed by atoms with Crippen molar-refractivity contribution in [2.75, 3.05) is 13.7 Å². The average Bonchev–Trinajstić information content (AvgIpc) is 2.33. The van der Waals surface area contributed by atoms with Crippen molar-refractivity contribution in [3.8, 4) is 17.6 Å². The van der Waals surface area contributed by atoms with Crippen molar-refractivity contribution < 1.29 is 14.5 Å². The van der Waals surface area contributed by atoms with E-state index in [2.05, 4.69) is 17.2 Å². The van der Waals surface area contributed by atoms with Crippen molar-refractivity contribution in [1.29, 1.82) is 0 Å². The van der Waals surface area contributed by atoms with Crippen LogP contribution in [-0.2, 0) is 4.79 Å². The first-order valence-electron chi connectivity index (χ1n) is 5.11. The zero-order valence-corrected chi connectivity index (χ0v) is 10.0. The second kappa shape index (κ2) is 6.25. The molecule has 0 radical (unpaired) electrons. The maximum absolute atomic E-state index is 10.8. The third kappa shape index (κ3) is 3.49. The minimum atomic E-state index is -0.523. The highest BCUT2D eigenvalue weighted by atomic mass is 16.6. The zero-order valence-electron chi connectivity index (χ0n) is 10.0. The van der Waals surface area contributed by atoms with Crippen LogP contribution in [0.25, 0.3) is 0 Å². The van der Waals surface area contributed by atoms with Crippen LogP contribution < -0.4 is 10.1 Å². The number of carbonyl (C=O) groups excluding carboxylic acids is 1. The molecule has 0 bridgehead atoms. The van der Waals surface area contributed by atoms with E-state index in [1.807, 2.05) is 0 Å². The normalized spacial score (nSPS) is 9.00. The molecular formula is C12H12N2O4. The van der Waals surface area contributed by atoms with Crippen LogP contribution in [0.3, 0.4) is 0 Å². The molecule has 0 saturated carbocycles. The number of nitro groups is 1. The van der Waals surface area contributed by atoms with Gasteiger partial charge in [-0.15, -0.1) is 0 Å². The second-order valence-corrected chi connectivity index (χ2v) is 3.32. The number of nitrogens with zero attached hydrogens (tertiary/aromatic N) is 1. The minimum absolute atomic E-state index is 0.121. The van der Waals surface area contributed by atoms with Gasteiger partial charge in [-0.25, -0.2) is 0 Å². The quantitative estimate of drug-likeness (QED) is 0.493. The molecule has 94 valence electrons. The van der Waals surface area contributed by atoms with E-state index in [-0.39, 0.29) is 23.7 Å². The van der Waals surface area contributed by atoms with Crippen LogP contribution in [0.1, 0.15) is 12.5 Å². The standard InChI is InChI=1S/C12H12N2O4/c1-9(15)13-8-4-5-10-11(14(16)17)6-3-7-12(10)18-2/h3,6-7H,8H2,1-2H3,(H,13,15). The Kier molecular flexibility index (Phi) is 4.69. The van der Waals surface area contributed by atoms with Gasteiger partial charge in [-0.1, -0.05) is 17.9 Å². The van der Waals surface area contributed by atoms with Crippen molar-refractivity contribution in [2.45, 2.75) is 6.92 Å². The largest absolute Gasteiger partial charge is 0.495 e. The molecule has 0 unspecified atom stereocenters. The summed E-state index contributed by atoms with van der Waals surface area (Å²) in [7, 11) is 1.41. The van der Waals surface area contributed by atoms with Crippen LogP contribution in [0, 0.1) is 22.0 Å². The Morgan fingerprint density at radius 2 is 2.28 bits per heavy atom. The van der Waals surface area contributed by atoms with Crippen molar-refractivity contribution in [3.63, 3.8) is 0 Å². The first-order chi connectivity index (χ1) is 8.56. The summed E-state index contributed by atoms with van der Waals surface area (Å²) in [4.78, 5) is 21.0. The second-order valence-electron chi connectivity index (χ2n) is 3.32. The summed E-state index contributed by atoms with van der Waals surface area (Å²) >= 11 is 0. The number of benzene rings is 1. The monoisotopic (exact) mass is 248 g/mol. The van der Waals surface area contributed by atoms with Gasteiger partial charge in [0.15, 0.2) is 0 Å². The van der Waals surface area contributed by atoms with Gasteiger partial charge < -0.3 is 10.1 Å². The smallest absolute Gasteiger partial charge is 0.288 e. The number of ether oxygens (including phenoxy) is 1. The molecule has 0 aliphatic heterocycles. The molecule has 0 saturated heterocycles. The molecule has 0 atom stereocenters. The molecule has 6 heteroatoms. The molecule has 0 aliphatic rings. The predicted octanol–water partition coefficient (Wildman–Crippen LogP) is 1.09. The number of nitro benzene ring substituents is 1. The summed E-state index contributed by atoms with van der Waals surface area (Å²) in [6.45, 7) is 1.50. The maximum Gasteiger partial charge on any atom is 0.288 e. The van der Waals surface area contributed by atoms with E-state index in [0.29, 0.717) is 5.75 Å². The van der Waals surface area contributed by atoms with Crippen molar-refractivity contribution in [3.05, 3.63) is 33.9 Å². The van der Waals surface area contributed by atoms with Gasteiger partial charge >= 0.3 is 0 Å². The molecule has 1 rings (SSSR count). The van der Waals surface area contributed by atoms with Crippen LogP contribution in [0.15, 0.2) is 18.2 Å². The summed E-state index contributed by atoms with van der Waals surface area (Å²) in [6.07, 6.45) is 0. The molecule has 0 heterocycles. The molecule has 0 fully saturated rings. The van der Waals surface area contributed by atoms with Crippen molar-refractivity contribution in [2.24, 2.45) is 0 Å². The highest BCUT2D eigenvalue weighted by Crippen LogP contribution is 2.26. The number of amides is 1. The molecule has 6 nitrogen and oxygen atoms in total. The Morgan fingerprint density at radius 3 is 2.83 bits per heavy atom. The summed E-state index contributed by atoms with van der Waals surface area (Å²) in [5.41, 5.74) is 0.0834. The number of hydrogen-bond acceptors (Lipinski definition) is 4. The summed E-state index contributed by atoms with van der Waals surface area (Å²) in [6, 6.07) is 4.47. The number of hydrogen-bond donors (Lipinski definition) is 1. The van der Waals surface area contributed by atoms with Gasteiger partial charge in [0.05, 0.1) is 18.6 Å². The Bertz CT molecular complexity index is 529. The number of carbonyl (C=O) groups is 1. The topological polar surface area (TPSA) is 81.5 Å².